The Hall–Kier alpha value is -3.43. The number of carbonyl (C=O) groups is 3. The highest BCUT2D eigenvalue weighted by atomic mass is 16.5. The van der Waals surface area contributed by atoms with Gasteiger partial charge in [-0.15, -0.1) is 0 Å². The first-order chi connectivity index (χ1) is 16.9. The van der Waals surface area contributed by atoms with Gasteiger partial charge in [0.05, 0.1) is 24.7 Å². The topological polar surface area (TPSA) is 125 Å². The smallest absolute Gasteiger partial charge is 0.407 e. The van der Waals surface area contributed by atoms with Crippen LogP contribution in [-0.4, -0.2) is 77.6 Å². The third-order valence-corrected chi connectivity index (χ3v) is 7.09. The molecule has 2 aromatic carbocycles. The maximum Gasteiger partial charge on any atom is 0.407 e. The minimum Gasteiger partial charge on any atom is -0.480 e. The summed E-state index contributed by atoms with van der Waals surface area (Å²) in [6.45, 7) is 0.551. The van der Waals surface area contributed by atoms with E-state index in [2.05, 4.69) is 29.6 Å². The molecule has 1 aliphatic carbocycles. The molecular weight excluding hydrogens is 452 g/mol. The number of carboxylic acids is 1. The third-order valence-electron chi connectivity index (χ3n) is 7.09. The van der Waals surface area contributed by atoms with Crippen molar-refractivity contribution in [3.63, 3.8) is 0 Å². The number of nitrogens with zero attached hydrogens (tertiary/aromatic N) is 1. The van der Waals surface area contributed by atoms with Crippen LogP contribution in [0, 0.1) is 5.92 Å². The lowest BCUT2D eigenvalue weighted by atomic mass is 9.98. The molecule has 9 nitrogen and oxygen atoms in total. The van der Waals surface area contributed by atoms with Gasteiger partial charge >= 0.3 is 12.1 Å². The molecule has 0 spiro atoms. The van der Waals surface area contributed by atoms with Crippen LogP contribution in [0.4, 0.5) is 4.79 Å². The quantitative estimate of drug-likeness (QED) is 0.577. The number of nitrogens with one attached hydrogen (secondary N) is 1. The second kappa shape index (κ2) is 9.67. The predicted molar refractivity (Wildman–Crippen MR) is 125 cm³/mol. The Morgan fingerprint density at radius 2 is 1.69 bits per heavy atom. The van der Waals surface area contributed by atoms with Gasteiger partial charge in [0.1, 0.15) is 12.6 Å². The van der Waals surface area contributed by atoms with Gasteiger partial charge < -0.3 is 29.9 Å². The number of aliphatic carboxylic acids is 1. The Balaban J connectivity index is 1.11. The SMILES string of the molecule is O=C(NCC1CC(C(=O)N2CC(O)CC2C(=O)O)CO1)OCC1c2ccccc2-c2ccccc21. The third kappa shape index (κ3) is 4.61. The number of hydrogen-bond acceptors (Lipinski definition) is 6. The number of fused-ring (bicyclic) bond motifs is 3. The lowest BCUT2D eigenvalue weighted by Crippen LogP contribution is -2.44. The van der Waals surface area contributed by atoms with Gasteiger partial charge in [-0.3, -0.25) is 4.79 Å². The molecule has 2 aromatic rings. The maximum atomic E-state index is 12.8. The summed E-state index contributed by atoms with van der Waals surface area (Å²) in [5.41, 5.74) is 4.58. The second-order valence-electron chi connectivity index (χ2n) is 9.33. The summed E-state index contributed by atoms with van der Waals surface area (Å²) in [4.78, 5) is 37.8. The zero-order valence-electron chi connectivity index (χ0n) is 19.1. The first-order valence-electron chi connectivity index (χ1n) is 11.8. The molecule has 0 aromatic heterocycles. The molecule has 9 heteroatoms. The van der Waals surface area contributed by atoms with Gasteiger partial charge in [0.15, 0.2) is 0 Å². The lowest BCUT2D eigenvalue weighted by molar-refractivity contribution is -0.149. The summed E-state index contributed by atoms with van der Waals surface area (Å²) in [6.07, 6.45) is -1.38. The number of aliphatic hydroxyl groups excluding tert-OH is 1. The molecule has 3 aliphatic rings. The summed E-state index contributed by atoms with van der Waals surface area (Å²) in [7, 11) is 0. The average Bonchev–Trinajstić information content (AvgIpc) is 3.57. The van der Waals surface area contributed by atoms with E-state index in [1.807, 2.05) is 24.3 Å². The van der Waals surface area contributed by atoms with Crippen LogP contribution in [0.3, 0.4) is 0 Å². The van der Waals surface area contributed by atoms with Gasteiger partial charge in [-0.25, -0.2) is 9.59 Å². The van der Waals surface area contributed by atoms with Gasteiger partial charge in [-0.1, -0.05) is 48.5 Å². The van der Waals surface area contributed by atoms with Crippen molar-refractivity contribution in [3.8, 4) is 11.1 Å². The van der Waals surface area contributed by atoms with E-state index in [1.165, 1.54) is 4.90 Å². The summed E-state index contributed by atoms with van der Waals surface area (Å²) >= 11 is 0. The van der Waals surface area contributed by atoms with Gasteiger partial charge in [0.25, 0.3) is 0 Å². The molecule has 2 aliphatic heterocycles. The van der Waals surface area contributed by atoms with Crippen LogP contribution >= 0.6 is 0 Å². The largest absolute Gasteiger partial charge is 0.480 e. The van der Waals surface area contributed by atoms with Gasteiger partial charge in [0.2, 0.25) is 5.91 Å². The Morgan fingerprint density at radius 3 is 2.34 bits per heavy atom. The van der Waals surface area contributed by atoms with Crippen molar-refractivity contribution in [3.05, 3.63) is 59.7 Å². The fraction of sp³-hybridized carbons (Fsp3) is 0.423. The van der Waals surface area contributed by atoms with E-state index in [0.29, 0.717) is 6.42 Å². The van der Waals surface area contributed by atoms with Crippen LogP contribution in [-0.2, 0) is 19.1 Å². The van der Waals surface area contributed by atoms with Crippen LogP contribution in [0.1, 0.15) is 29.9 Å². The molecule has 2 saturated heterocycles. The lowest BCUT2D eigenvalue weighted by Gasteiger charge is -2.23. The van der Waals surface area contributed by atoms with Gasteiger partial charge in [-0.2, -0.15) is 0 Å². The number of rotatable bonds is 6. The molecule has 3 N–H and O–H groups in total. The van der Waals surface area contributed by atoms with Crippen LogP contribution in [0.5, 0.6) is 0 Å². The van der Waals surface area contributed by atoms with Crippen molar-refractivity contribution in [2.24, 2.45) is 5.92 Å². The molecule has 4 atom stereocenters. The number of β-amino-alcohol motifs (C(OH)–C–C–N with tert-alkyl or cyclic N) is 1. The predicted octanol–water partition coefficient (Wildman–Crippen LogP) is 1.98. The highest BCUT2D eigenvalue weighted by Crippen LogP contribution is 2.44. The Kier molecular flexibility index (Phi) is 6.44. The number of carboxylic acid groups (broad SMARTS) is 1. The minimum atomic E-state index is -1.12. The summed E-state index contributed by atoms with van der Waals surface area (Å²) in [6, 6.07) is 15.2. The van der Waals surface area contributed by atoms with E-state index >= 15 is 0 Å². The van der Waals surface area contributed by atoms with Gasteiger partial charge in [-0.05, 0) is 28.7 Å². The zero-order chi connectivity index (χ0) is 24.5. The van der Waals surface area contributed by atoms with Crippen LogP contribution in [0.25, 0.3) is 11.1 Å². The first kappa shape index (κ1) is 23.3. The highest BCUT2D eigenvalue weighted by Gasteiger charge is 2.43. The number of likely N-dealkylation sites (tertiary alicyclic amines) is 1. The van der Waals surface area contributed by atoms with E-state index in [9.17, 15) is 24.6 Å². The normalized spacial score (nSPS) is 25.2. The second-order valence-corrected chi connectivity index (χ2v) is 9.33. The van der Waals surface area contributed by atoms with Crippen molar-refractivity contribution in [2.45, 2.75) is 37.0 Å². The molecule has 2 amide bonds. The average molecular weight is 481 g/mol. The van der Waals surface area contributed by atoms with Crippen LogP contribution in [0.15, 0.2) is 48.5 Å². The van der Waals surface area contributed by atoms with Crippen molar-refractivity contribution in [1.82, 2.24) is 10.2 Å². The van der Waals surface area contributed by atoms with Crippen molar-refractivity contribution in [2.75, 3.05) is 26.3 Å². The molecule has 0 bridgehead atoms. The number of ether oxygens (including phenoxy) is 2. The summed E-state index contributed by atoms with van der Waals surface area (Å²) < 4.78 is 11.2. The molecule has 0 radical (unpaired) electrons. The molecule has 0 saturated carbocycles. The molecular formula is C26H28N2O7. The fourth-order valence-electron chi connectivity index (χ4n) is 5.39. The van der Waals surface area contributed by atoms with E-state index in [0.717, 1.165) is 22.3 Å². The Labute approximate surface area is 202 Å². The van der Waals surface area contributed by atoms with E-state index in [4.69, 9.17) is 9.47 Å². The number of aliphatic hydroxyl groups is 1. The van der Waals surface area contributed by atoms with E-state index in [-0.39, 0.29) is 50.7 Å². The van der Waals surface area contributed by atoms with Gasteiger partial charge in [0, 0.05) is 25.4 Å². The number of benzene rings is 2. The first-order valence-corrected chi connectivity index (χ1v) is 11.8. The molecule has 2 heterocycles. The standard InChI is InChI=1S/C26H28N2O7/c29-16-10-23(25(31)32)28(12-16)24(30)15-9-17(34-13-15)11-27-26(33)35-14-22-20-7-3-1-5-18(20)19-6-2-4-8-21(19)22/h1-8,15-17,22-23,29H,9-14H2,(H,27,33)(H,31,32). The number of carbonyl (C=O) groups excluding carboxylic acids is 2. The monoisotopic (exact) mass is 480 g/mol. The highest BCUT2D eigenvalue weighted by molar-refractivity contribution is 5.86. The van der Waals surface area contributed by atoms with Crippen LogP contribution in [0.2, 0.25) is 0 Å². The summed E-state index contributed by atoms with van der Waals surface area (Å²) in [5, 5.41) is 21.8. The number of alkyl carbamates (subject to hydrolysis) is 1. The number of amides is 2. The molecule has 4 unspecified atom stereocenters. The zero-order valence-corrected chi connectivity index (χ0v) is 19.1. The Morgan fingerprint density at radius 1 is 1.03 bits per heavy atom. The molecule has 35 heavy (non-hydrogen) atoms. The van der Waals surface area contributed by atoms with Crippen molar-refractivity contribution in [1.29, 1.82) is 0 Å². The number of hydrogen-bond donors (Lipinski definition) is 3. The summed E-state index contributed by atoms with van der Waals surface area (Å²) in [5.74, 6) is -1.99. The van der Waals surface area contributed by atoms with E-state index in [1.54, 1.807) is 0 Å². The molecule has 2 fully saturated rings. The van der Waals surface area contributed by atoms with E-state index < -0.39 is 30.1 Å². The maximum absolute atomic E-state index is 12.8. The van der Waals surface area contributed by atoms with Crippen molar-refractivity contribution < 1.29 is 34.1 Å². The Bertz CT molecular complexity index is 1090. The fourth-order valence-corrected chi connectivity index (χ4v) is 5.39. The molecule has 5 rings (SSSR count). The van der Waals surface area contributed by atoms with Crippen molar-refractivity contribution >= 4 is 18.0 Å². The minimum absolute atomic E-state index is 0.00890. The van der Waals surface area contributed by atoms with Crippen LogP contribution < -0.4 is 5.32 Å². The molecule has 184 valence electrons.